The van der Waals surface area contributed by atoms with Crippen LogP contribution >= 0.6 is 11.6 Å². The first-order valence-electron chi connectivity index (χ1n) is 6.21. The van der Waals surface area contributed by atoms with Crippen LogP contribution < -0.4 is 4.74 Å². The third-order valence-electron chi connectivity index (χ3n) is 2.95. The highest BCUT2D eigenvalue weighted by atomic mass is 35.5. The first-order chi connectivity index (χ1) is 10.1. The van der Waals surface area contributed by atoms with Crippen molar-refractivity contribution >= 4 is 23.2 Å². The Balaban J connectivity index is 1.78. The van der Waals surface area contributed by atoms with Crippen molar-refractivity contribution in [3.63, 3.8) is 0 Å². The molecule has 6 heteroatoms. The van der Waals surface area contributed by atoms with E-state index in [1.165, 1.54) is 12.3 Å². The molecule has 1 N–H and O–H groups in total. The Bertz CT molecular complexity index is 796. The van der Waals surface area contributed by atoms with Crippen LogP contribution in [0.1, 0.15) is 16.1 Å². The van der Waals surface area contributed by atoms with Gasteiger partial charge in [0.1, 0.15) is 18.0 Å². The van der Waals surface area contributed by atoms with E-state index in [1.54, 1.807) is 40.9 Å². The largest absolute Gasteiger partial charge is 0.487 e. The fourth-order valence-electron chi connectivity index (χ4n) is 1.93. The summed E-state index contributed by atoms with van der Waals surface area (Å²) in [5, 5.41) is 9.61. The smallest absolute Gasteiger partial charge is 0.337 e. The fourth-order valence-corrected chi connectivity index (χ4v) is 2.05. The molecule has 106 valence electrons. The molecule has 1 aromatic carbocycles. The van der Waals surface area contributed by atoms with Crippen LogP contribution in [0.3, 0.4) is 0 Å². The summed E-state index contributed by atoms with van der Waals surface area (Å²) in [5.41, 5.74) is 1.60. The van der Waals surface area contributed by atoms with Gasteiger partial charge in [-0.2, -0.15) is 0 Å². The highest BCUT2D eigenvalue weighted by Gasteiger charge is 2.07. The maximum atomic E-state index is 10.9. The van der Waals surface area contributed by atoms with Gasteiger partial charge < -0.3 is 14.2 Å². The number of carboxylic acid groups (broad SMARTS) is 1. The molecular formula is C15H11ClN2O3. The highest BCUT2D eigenvalue weighted by Crippen LogP contribution is 2.17. The van der Waals surface area contributed by atoms with E-state index in [0.29, 0.717) is 28.7 Å². The predicted molar refractivity (Wildman–Crippen MR) is 77.9 cm³/mol. The van der Waals surface area contributed by atoms with Crippen molar-refractivity contribution in [3.8, 4) is 5.75 Å². The normalized spacial score (nSPS) is 10.7. The number of hydrogen-bond acceptors (Lipinski definition) is 3. The van der Waals surface area contributed by atoms with Gasteiger partial charge in [-0.1, -0.05) is 11.6 Å². The van der Waals surface area contributed by atoms with E-state index >= 15 is 0 Å². The molecule has 0 amide bonds. The molecule has 0 aliphatic heterocycles. The minimum Gasteiger partial charge on any atom is -0.487 e. The zero-order chi connectivity index (χ0) is 14.8. The lowest BCUT2D eigenvalue weighted by Gasteiger charge is -2.03. The van der Waals surface area contributed by atoms with E-state index in [9.17, 15) is 4.79 Å². The molecule has 0 aliphatic carbocycles. The second kappa shape index (κ2) is 5.46. The van der Waals surface area contributed by atoms with Gasteiger partial charge in [0.05, 0.1) is 11.3 Å². The fraction of sp³-hybridized carbons (Fsp3) is 0.0667. The van der Waals surface area contributed by atoms with E-state index in [1.807, 2.05) is 0 Å². The Morgan fingerprint density at radius 2 is 1.95 bits per heavy atom. The summed E-state index contributed by atoms with van der Waals surface area (Å²) in [6, 6.07) is 10.2. The van der Waals surface area contributed by atoms with Crippen molar-refractivity contribution in [3.05, 3.63) is 65.1 Å². The maximum Gasteiger partial charge on any atom is 0.337 e. The van der Waals surface area contributed by atoms with Gasteiger partial charge in [-0.15, -0.1) is 0 Å². The molecule has 0 bridgehead atoms. The summed E-state index contributed by atoms with van der Waals surface area (Å²) in [7, 11) is 0. The Labute approximate surface area is 125 Å². The van der Waals surface area contributed by atoms with Gasteiger partial charge in [0.15, 0.2) is 0 Å². The lowest BCUT2D eigenvalue weighted by atomic mass is 10.3. The molecule has 0 atom stereocenters. The Morgan fingerprint density at radius 1 is 1.19 bits per heavy atom. The number of nitrogens with zero attached hydrogens (tertiary/aromatic N) is 2. The number of carboxylic acids is 1. The van der Waals surface area contributed by atoms with Crippen molar-refractivity contribution in [2.75, 3.05) is 0 Å². The number of hydrogen-bond donors (Lipinski definition) is 1. The summed E-state index contributed by atoms with van der Waals surface area (Å²) in [6.45, 7) is 0.297. The Kier molecular flexibility index (Phi) is 3.50. The first kappa shape index (κ1) is 13.5. The standard InChI is InChI=1S/C15H11ClN2O3/c16-11-2-4-13(5-3-11)21-9-12-8-18-7-10(15(19)20)1-6-14(18)17-12/h1-8H,9H2,(H,19,20). The van der Waals surface area contributed by atoms with Gasteiger partial charge in [0.25, 0.3) is 0 Å². The van der Waals surface area contributed by atoms with Crippen LogP contribution in [0.5, 0.6) is 5.75 Å². The molecule has 0 unspecified atom stereocenters. The lowest BCUT2D eigenvalue weighted by Crippen LogP contribution is -1.97. The van der Waals surface area contributed by atoms with Gasteiger partial charge in [0.2, 0.25) is 0 Å². The van der Waals surface area contributed by atoms with Crippen LogP contribution in [0.2, 0.25) is 5.02 Å². The van der Waals surface area contributed by atoms with Gasteiger partial charge >= 0.3 is 5.97 Å². The lowest BCUT2D eigenvalue weighted by molar-refractivity contribution is 0.0696. The van der Waals surface area contributed by atoms with E-state index in [2.05, 4.69) is 4.98 Å². The van der Waals surface area contributed by atoms with Crippen LogP contribution in [0.25, 0.3) is 5.65 Å². The number of pyridine rings is 1. The average Bonchev–Trinajstić information content (AvgIpc) is 2.88. The molecule has 2 heterocycles. The molecular weight excluding hydrogens is 292 g/mol. The third kappa shape index (κ3) is 2.98. The molecule has 0 saturated carbocycles. The van der Waals surface area contributed by atoms with E-state index in [-0.39, 0.29) is 5.56 Å². The number of ether oxygens (including phenoxy) is 1. The molecule has 0 fully saturated rings. The van der Waals surface area contributed by atoms with Gasteiger partial charge in [-0.05, 0) is 36.4 Å². The van der Waals surface area contributed by atoms with Crippen molar-refractivity contribution in [1.29, 1.82) is 0 Å². The summed E-state index contributed by atoms with van der Waals surface area (Å²) in [6.07, 6.45) is 3.27. The number of rotatable bonds is 4. The van der Waals surface area contributed by atoms with Crippen molar-refractivity contribution < 1.29 is 14.6 Å². The molecule has 5 nitrogen and oxygen atoms in total. The number of aromatic carboxylic acids is 1. The minimum atomic E-state index is -0.968. The summed E-state index contributed by atoms with van der Waals surface area (Å²) >= 11 is 5.80. The quantitative estimate of drug-likeness (QED) is 0.803. The molecule has 21 heavy (non-hydrogen) atoms. The molecule has 3 aromatic rings. The number of benzene rings is 1. The second-order valence-electron chi connectivity index (χ2n) is 4.46. The van der Waals surface area contributed by atoms with E-state index in [0.717, 1.165) is 0 Å². The minimum absolute atomic E-state index is 0.213. The van der Waals surface area contributed by atoms with Crippen molar-refractivity contribution in [1.82, 2.24) is 9.38 Å². The third-order valence-corrected chi connectivity index (χ3v) is 3.20. The molecule has 3 rings (SSSR count). The second-order valence-corrected chi connectivity index (χ2v) is 4.90. The zero-order valence-electron chi connectivity index (χ0n) is 10.9. The maximum absolute atomic E-state index is 10.9. The Morgan fingerprint density at radius 3 is 2.67 bits per heavy atom. The number of fused-ring (bicyclic) bond motifs is 1. The molecule has 0 aliphatic rings. The van der Waals surface area contributed by atoms with Crippen LogP contribution in [0.15, 0.2) is 48.8 Å². The van der Waals surface area contributed by atoms with Crippen LogP contribution in [-0.2, 0) is 6.61 Å². The summed E-state index contributed by atoms with van der Waals surface area (Å²) in [4.78, 5) is 15.3. The van der Waals surface area contributed by atoms with E-state index in [4.69, 9.17) is 21.4 Å². The molecule has 0 radical (unpaired) electrons. The Hall–Kier alpha value is -2.53. The van der Waals surface area contributed by atoms with Gasteiger partial charge in [0, 0.05) is 17.4 Å². The highest BCUT2D eigenvalue weighted by molar-refractivity contribution is 6.30. The van der Waals surface area contributed by atoms with Crippen molar-refractivity contribution in [2.24, 2.45) is 0 Å². The number of aromatic nitrogens is 2. The SMILES string of the molecule is O=C(O)c1ccc2nc(COc3ccc(Cl)cc3)cn2c1. The first-order valence-corrected chi connectivity index (χ1v) is 6.59. The number of imidazole rings is 1. The molecule has 0 spiro atoms. The molecule has 2 aromatic heterocycles. The predicted octanol–water partition coefficient (Wildman–Crippen LogP) is 3.26. The van der Waals surface area contributed by atoms with Gasteiger partial charge in [-0.3, -0.25) is 0 Å². The van der Waals surface area contributed by atoms with Crippen molar-refractivity contribution in [2.45, 2.75) is 6.61 Å². The van der Waals surface area contributed by atoms with Crippen LogP contribution in [-0.4, -0.2) is 20.5 Å². The van der Waals surface area contributed by atoms with Crippen LogP contribution in [0, 0.1) is 0 Å². The summed E-state index contributed by atoms with van der Waals surface area (Å²) < 4.78 is 7.27. The van der Waals surface area contributed by atoms with E-state index < -0.39 is 5.97 Å². The molecule has 0 saturated heterocycles. The van der Waals surface area contributed by atoms with Crippen LogP contribution in [0.4, 0.5) is 0 Å². The average molecular weight is 303 g/mol. The zero-order valence-corrected chi connectivity index (χ0v) is 11.6. The number of carbonyl (C=O) groups is 1. The number of halogens is 1. The summed E-state index contributed by atoms with van der Waals surface area (Å²) in [5.74, 6) is -0.271. The topological polar surface area (TPSA) is 63.8 Å². The monoisotopic (exact) mass is 302 g/mol. The van der Waals surface area contributed by atoms with Gasteiger partial charge in [-0.25, -0.2) is 9.78 Å².